The van der Waals surface area contributed by atoms with E-state index in [0.29, 0.717) is 16.4 Å². The molecule has 4 nitrogen and oxygen atoms in total. The fourth-order valence-corrected chi connectivity index (χ4v) is 1.86. The zero-order valence-corrected chi connectivity index (χ0v) is 12.3. The molecule has 1 aromatic heterocycles. The molecular weight excluding hydrogens is 294 g/mol. The van der Waals surface area contributed by atoms with E-state index in [9.17, 15) is 4.79 Å². The second-order valence-electron chi connectivity index (χ2n) is 4.08. The lowest BCUT2D eigenvalue weighted by Gasteiger charge is -2.09. The highest BCUT2D eigenvalue weighted by Gasteiger charge is 2.08. The van der Waals surface area contributed by atoms with Crippen LogP contribution in [0.25, 0.3) is 0 Å². The first kappa shape index (κ1) is 14.4. The normalized spacial score (nSPS) is 9.90. The summed E-state index contributed by atoms with van der Waals surface area (Å²) in [7, 11) is 0. The maximum atomic E-state index is 11.9. The zero-order chi connectivity index (χ0) is 14.5. The zero-order valence-electron chi connectivity index (χ0n) is 10.7. The van der Waals surface area contributed by atoms with Crippen molar-refractivity contribution in [1.82, 2.24) is 10.3 Å². The van der Waals surface area contributed by atoms with Crippen molar-refractivity contribution in [1.29, 1.82) is 0 Å². The number of anilines is 1. The fraction of sp³-hybridized carbons (Fsp3) is 0.0714. The van der Waals surface area contributed by atoms with Crippen molar-refractivity contribution in [3.8, 4) is 0 Å². The van der Waals surface area contributed by atoms with Crippen LogP contribution in [0, 0.1) is 6.92 Å². The standard InChI is InChI=1S/C14H12ClN3OS/c1-9-3-2-4-12(16-9)17-14(20)18-13(19)10-5-7-11(15)8-6-10/h2-8H,1H3,(H2,16,17,18,19,20). The van der Waals surface area contributed by atoms with E-state index >= 15 is 0 Å². The minimum absolute atomic E-state index is 0.197. The van der Waals surface area contributed by atoms with Gasteiger partial charge >= 0.3 is 0 Å². The molecule has 2 rings (SSSR count). The molecular formula is C14H12ClN3OS. The lowest BCUT2D eigenvalue weighted by atomic mass is 10.2. The predicted octanol–water partition coefficient (Wildman–Crippen LogP) is 3.17. The molecule has 2 N–H and O–H groups in total. The van der Waals surface area contributed by atoms with E-state index in [2.05, 4.69) is 15.6 Å². The summed E-state index contributed by atoms with van der Waals surface area (Å²) in [6.07, 6.45) is 0. The number of nitrogens with one attached hydrogen (secondary N) is 2. The molecule has 0 bridgehead atoms. The Morgan fingerprint density at radius 3 is 2.55 bits per heavy atom. The number of benzene rings is 1. The van der Waals surface area contributed by atoms with Crippen LogP contribution in [0.1, 0.15) is 16.1 Å². The van der Waals surface area contributed by atoms with Gasteiger partial charge in [-0.3, -0.25) is 10.1 Å². The highest BCUT2D eigenvalue weighted by Crippen LogP contribution is 2.09. The SMILES string of the molecule is Cc1cccc(NC(=S)NC(=O)c2ccc(Cl)cc2)n1. The third kappa shape index (κ3) is 4.01. The molecule has 20 heavy (non-hydrogen) atoms. The molecule has 0 atom stereocenters. The smallest absolute Gasteiger partial charge is 0.257 e. The lowest BCUT2D eigenvalue weighted by Crippen LogP contribution is -2.34. The summed E-state index contributed by atoms with van der Waals surface area (Å²) in [5.74, 6) is 0.290. The number of carbonyl (C=O) groups is 1. The number of pyridine rings is 1. The van der Waals surface area contributed by atoms with Crippen LogP contribution in [0.15, 0.2) is 42.5 Å². The molecule has 102 valence electrons. The van der Waals surface area contributed by atoms with Gasteiger partial charge in [-0.2, -0.15) is 0 Å². The van der Waals surface area contributed by atoms with E-state index in [4.69, 9.17) is 23.8 Å². The third-order valence-corrected chi connectivity index (χ3v) is 2.92. The molecule has 0 saturated heterocycles. The van der Waals surface area contributed by atoms with Gasteiger partial charge in [0.25, 0.3) is 5.91 Å². The Bertz CT molecular complexity index is 643. The van der Waals surface area contributed by atoms with E-state index in [0.717, 1.165) is 5.69 Å². The van der Waals surface area contributed by atoms with Gasteiger partial charge in [-0.05, 0) is 55.5 Å². The van der Waals surface area contributed by atoms with Gasteiger partial charge in [0.15, 0.2) is 5.11 Å². The van der Waals surface area contributed by atoms with Crippen LogP contribution in [0.5, 0.6) is 0 Å². The van der Waals surface area contributed by atoms with Crippen molar-refractivity contribution >= 4 is 40.7 Å². The molecule has 0 spiro atoms. The fourth-order valence-electron chi connectivity index (χ4n) is 1.54. The molecule has 1 amide bonds. The summed E-state index contributed by atoms with van der Waals surface area (Å²) in [5, 5.41) is 6.21. The first-order valence-electron chi connectivity index (χ1n) is 5.86. The Morgan fingerprint density at radius 1 is 1.20 bits per heavy atom. The summed E-state index contributed by atoms with van der Waals surface area (Å²) in [4.78, 5) is 16.2. The number of hydrogen-bond acceptors (Lipinski definition) is 3. The second kappa shape index (κ2) is 6.45. The first-order chi connectivity index (χ1) is 9.54. The molecule has 6 heteroatoms. The molecule has 0 radical (unpaired) electrons. The van der Waals surface area contributed by atoms with Crippen LogP contribution < -0.4 is 10.6 Å². The quantitative estimate of drug-likeness (QED) is 0.837. The van der Waals surface area contributed by atoms with Gasteiger partial charge in [0.1, 0.15) is 5.82 Å². The van der Waals surface area contributed by atoms with Gasteiger partial charge < -0.3 is 5.32 Å². The predicted molar refractivity (Wildman–Crippen MR) is 84.1 cm³/mol. The Hall–Kier alpha value is -1.98. The molecule has 0 aliphatic rings. The van der Waals surface area contributed by atoms with Gasteiger partial charge in [-0.25, -0.2) is 4.98 Å². The summed E-state index contributed by atoms with van der Waals surface area (Å²) < 4.78 is 0. The van der Waals surface area contributed by atoms with Crippen molar-refractivity contribution < 1.29 is 4.79 Å². The second-order valence-corrected chi connectivity index (χ2v) is 4.92. The molecule has 0 aliphatic heterocycles. The lowest BCUT2D eigenvalue weighted by molar-refractivity contribution is 0.0978. The van der Waals surface area contributed by atoms with Gasteiger partial charge in [0.2, 0.25) is 0 Å². The largest absolute Gasteiger partial charge is 0.317 e. The average Bonchev–Trinajstić information content (AvgIpc) is 2.39. The highest BCUT2D eigenvalue weighted by atomic mass is 35.5. The monoisotopic (exact) mass is 305 g/mol. The van der Waals surface area contributed by atoms with Gasteiger partial charge in [0.05, 0.1) is 0 Å². The molecule has 0 aliphatic carbocycles. The number of thiocarbonyl (C=S) groups is 1. The number of carbonyl (C=O) groups excluding carboxylic acids is 1. The Balaban J connectivity index is 1.97. The Labute approximate surface area is 127 Å². The molecule has 1 heterocycles. The summed E-state index contributed by atoms with van der Waals surface area (Å²) >= 11 is 10.8. The van der Waals surface area contributed by atoms with Gasteiger partial charge in [-0.15, -0.1) is 0 Å². The number of hydrogen-bond donors (Lipinski definition) is 2. The topological polar surface area (TPSA) is 54.0 Å². The van der Waals surface area contributed by atoms with Crippen molar-refractivity contribution in [2.24, 2.45) is 0 Å². The van der Waals surface area contributed by atoms with Gasteiger partial charge in [-0.1, -0.05) is 17.7 Å². The van der Waals surface area contributed by atoms with Crippen LogP contribution >= 0.6 is 23.8 Å². The van der Waals surface area contributed by atoms with E-state index < -0.39 is 0 Å². The summed E-state index contributed by atoms with van der Waals surface area (Å²) in [6.45, 7) is 1.88. The van der Waals surface area contributed by atoms with Crippen molar-refractivity contribution in [3.05, 3.63) is 58.7 Å². The highest BCUT2D eigenvalue weighted by molar-refractivity contribution is 7.80. The van der Waals surface area contributed by atoms with E-state index in [-0.39, 0.29) is 11.0 Å². The van der Waals surface area contributed by atoms with Crippen LogP contribution in [0.3, 0.4) is 0 Å². The maximum Gasteiger partial charge on any atom is 0.257 e. The molecule has 0 unspecified atom stereocenters. The van der Waals surface area contributed by atoms with Crippen LogP contribution in [0.4, 0.5) is 5.82 Å². The minimum atomic E-state index is -0.299. The van der Waals surface area contributed by atoms with E-state index in [1.54, 1.807) is 30.3 Å². The number of halogens is 1. The number of nitrogens with zero attached hydrogens (tertiary/aromatic N) is 1. The molecule has 0 fully saturated rings. The van der Waals surface area contributed by atoms with Crippen LogP contribution in [-0.2, 0) is 0 Å². The molecule has 0 saturated carbocycles. The van der Waals surface area contributed by atoms with Gasteiger partial charge in [0, 0.05) is 16.3 Å². The van der Waals surface area contributed by atoms with Crippen molar-refractivity contribution in [2.45, 2.75) is 6.92 Å². The number of rotatable bonds is 2. The molecule has 1 aromatic carbocycles. The number of aromatic nitrogens is 1. The Kier molecular flexibility index (Phi) is 4.65. The maximum absolute atomic E-state index is 11.9. The average molecular weight is 306 g/mol. The molecule has 2 aromatic rings. The van der Waals surface area contributed by atoms with E-state index in [1.807, 2.05) is 19.1 Å². The number of aryl methyl sites for hydroxylation is 1. The van der Waals surface area contributed by atoms with Crippen molar-refractivity contribution in [2.75, 3.05) is 5.32 Å². The van der Waals surface area contributed by atoms with Crippen molar-refractivity contribution in [3.63, 3.8) is 0 Å². The number of amides is 1. The Morgan fingerprint density at radius 2 is 1.90 bits per heavy atom. The minimum Gasteiger partial charge on any atom is -0.317 e. The van der Waals surface area contributed by atoms with E-state index in [1.165, 1.54) is 0 Å². The first-order valence-corrected chi connectivity index (χ1v) is 6.65. The van der Waals surface area contributed by atoms with Crippen LogP contribution in [0.2, 0.25) is 5.02 Å². The third-order valence-electron chi connectivity index (χ3n) is 2.46. The summed E-state index contributed by atoms with van der Waals surface area (Å²) in [5.41, 5.74) is 1.34. The van der Waals surface area contributed by atoms with Crippen LogP contribution in [-0.4, -0.2) is 16.0 Å². The summed E-state index contributed by atoms with van der Waals surface area (Å²) in [6, 6.07) is 12.1.